The van der Waals surface area contributed by atoms with Crippen LogP contribution in [-0.2, 0) is 6.54 Å². The first kappa shape index (κ1) is 9.65. The number of hydrogen-bond donors (Lipinski definition) is 2. The molecule has 0 bridgehead atoms. The van der Waals surface area contributed by atoms with Crippen LogP contribution in [0.4, 0.5) is 5.69 Å². The number of phenolic OH excluding ortho intramolecular Hbond substituents is 1. The topological polar surface area (TPSA) is 45.4 Å². The molecule has 15 heavy (non-hydrogen) atoms. The van der Waals surface area contributed by atoms with Crippen LogP contribution >= 0.6 is 0 Å². The maximum Gasteiger partial charge on any atom is 0.125 e. The van der Waals surface area contributed by atoms with Crippen LogP contribution in [0.5, 0.6) is 5.75 Å². The van der Waals surface area contributed by atoms with Crippen molar-refractivity contribution in [3.63, 3.8) is 0 Å². The molecule has 0 aliphatic carbocycles. The van der Waals surface area contributed by atoms with Crippen molar-refractivity contribution in [3.8, 4) is 5.75 Å². The number of nitrogens with one attached hydrogen (secondary N) is 1. The summed E-state index contributed by atoms with van der Waals surface area (Å²) in [7, 11) is 0. The molecule has 0 amide bonds. The van der Waals surface area contributed by atoms with Crippen molar-refractivity contribution in [2.45, 2.75) is 13.5 Å². The molecule has 0 aliphatic heterocycles. The summed E-state index contributed by atoms with van der Waals surface area (Å²) in [5.41, 5.74) is 2.01. The standard InChI is InChI=1S/C12H13NO2/c1-9-5-6-15-12(9)8-13-10-3-2-4-11(14)7-10/h2-7,13-14H,8H2,1H3. The lowest BCUT2D eigenvalue weighted by molar-refractivity contribution is 0.475. The summed E-state index contributed by atoms with van der Waals surface area (Å²) in [5.74, 6) is 1.18. The Bertz CT molecular complexity index is 448. The third-order valence-electron chi connectivity index (χ3n) is 2.27. The minimum absolute atomic E-state index is 0.260. The molecule has 3 heteroatoms. The fourth-order valence-electron chi connectivity index (χ4n) is 1.38. The largest absolute Gasteiger partial charge is 0.508 e. The maximum atomic E-state index is 9.26. The van der Waals surface area contributed by atoms with E-state index in [-0.39, 0.29) is 5.75 Å². The molecule has 0 atom stereocenters. The van der Waals surface area contributed by atoms with Crippen LogP contribution in [0.1, 0.15) is 11.3 Å². The highest BCUT2D eigenvalue weighted by Gasteiger charge is 2.01. The van der Waals surface area contributed by atoms with E-state index in [2.05, 4.69) is 5.32 Å². The molecule has 1 heterocycles. The van der Waals surface area contributed by atoms with Crippen molar-refractivity contribution in [1.82, 2.24) is 0 Å². The summed E-state index contributed by atoms with van der Waals surface area (Å²) < 4.78 is 5.29. The first-order valence-electron chi connectivity index (χ1n) is 4.81. The zero-order valence-corrected chi connectivity index (χ0v) is 8.53. The molecular weight excluding hydrogens is 190 g/mol. The lowest BCUT2D eigenvalue weighted by Gasteiger charge is -2.05. The van der Waals surface area contributed by atoms with Gasteiger partial charge in [-0.15, -0.1) is 0 Å². The van der Waals surface area contributed by atoms with Crippen molar-refractivity contribution in [2.24, 2.45) is 0 Å². The van der Waals surface area contributed by atoms with Gasteiger partial charge in [0.05, 0.1) is 12.8 Å². The molecule has 0 aliphatic rings. The van der Waals surface area contributed by atoms with Gasteiger partial charge in [0.2, 0.25) is 0 Å². The third kappa shape index (κ3) is 2.31. The van der Waals surface area contributed by atoms with Gasteiger partial charge in [0, 0.05) is 11.8 Å². The second kappa shape index (κ2) is 4.09. The molecule has 1 aromatic carbocycles. The number of phenols is 1. The summed E-state index contributed by atoms with van der Waals surface area (Å²) in [6.45, 7) is 2.63. The van der Waals surface area contributed by atoms with E-state index >= 15 is 0 Å². The van der Waals surface area contributed by atoms with Crippen LogP contribution in [0.2, 0.25) is 0 Å². The average molecular weight is 203 g/mol. The van der Waals surface area contributed by atoms with Crippen molar-refractivity contribution in [1.29, 1.82) is 0 Å². The van der Waals surface area contributed by atoms with E-state index in [9.17, 15) is 5.11 Å². The van der Waals surface area contributed by atoms with E-state index in [1.54, 1.807) is 24.5 Å². The van der Waals surface area contributed by atoms with Gasteiger partial charge in [-0.3, -0.25) is 0 Å². The highest BCUT2D eigenvalue weighted by atomic mass is 16.3. The molecule has 3 nitrogen and oxygen atoms in total. The smallest absolute Gasteiger partial charge is 0.125 e. The highest BCUT2D eigenvalue weighted by Crippen LogP contribution is 2.17. The van der Waals surface area contributed by atoms with E-state index in [4.69, 9.17) is 4.42 Å². The van der Waals surface area contributed by atoms with Gasteiger partial charge >= 0.3 is 0 Å². The molecule has 2 rings (SSSR count). The Morgan fingerprint density at radius 1 is 1.33 bits per heavy atom. The lowest BCUT2D eigenvalue weighted by atomic mass is 10.2. The molecule has 0 radical (unpaired) electrons. The molecule has 0 unspecified atom stereocenters. The normalized spacial score (nSPS) is 10.2. The van der Waals surface area contributed by atoms with Crippen LogP contribution < -0.4 is 5.32 Å². The van der Waals surface area contributed by atoms with Crippen LogP contribution in [0.25, 0.3) is 0 Å². The van der Waals surface area contributed by atoms with Crippen molar-refractivity contribution < 1.29 is 9.52 Å². The van der Waals surface area contributed by atoms with E-state index in [0.29, 0.717) is 6.54 Å². The highest BCUT2D eigenvalue weighted by molar-refractivity contribution is 5.47. The number of benzene rings is 1. The molecule has 0 saturated carbocycles. The van der Waals surface area contributed by atoms with Gasteiger partial charge in [-0.25, -0.2) is 0 Å². The van der Waals surface area contributed by atoms with Crippen LogP contribution in [0.3, 0.4) is 0 Å². The first-order valence-corrected chi connectivity index (χ1v) is 4.81. The van der Waals surface area contributed by atoms with Crippen molar-refractivity contribution >= 4 is 5.69 Å². The Morgan fingerprint density at radius 3 is 2.87 bits per heavy atom. The lowest BCUT2D eigenvalue weighted by Crippen LogP contribution is -1.98. The summed E-state index contributed by atoms with van der Waals surface area (Å²) in [4.78, 5) is 0. The summed E-state index contributed by atoms with van der Waals surface area (Å²) in [5, 5.41) is 12.4. The van der Waals surface area contributed by atoms with Crippen LogP contribution in [-0.4, -0.2) is 5.11 Å². The van der Waals surface area contributed by atoms with E-state index in [1.807, 2.05) is 19.1 Å². The number of hydrogen-bond acceptors (Lipinski definition) is 3. The first-order chi connectivity index (χ1) is 7.25. The Kier molecular flexibility index (Phi) is 2.63. The predicted octanol–water partition coefficient (Wildman–Crippen LogP) is 2.91. The van der Waals surface area contributed by atoms with Crippen LogP contribution in [0.15, 0.2) is 41.0 Å². The summed E-state index contributed by atoms with van der Waals surface area (Å²) in [6, 6.07) is 8.95. The minimum atomic E-state index is 0.260. The average Bonchev–Trinajstić information content (AvgIpc) is 2.61. The SMILES string of the molecule is Cc1ccoc1CNc1cccc(O)c1. The van der Waals surface area contributed by atoms with E-state index in [0.717, 1.165) is 17.0 Å². The molecule has 2 aromatic rings. The van der Waals surface area contributed by atoms with Gasteiger partial charge in [-0.05, 0) is 30.7 Å². The molecule has 0 spiro atoms. The van der Waals surface area contributed by atoms with Gasteiger partial charge in [0.15, 0.2) is 0 Å². The van der Waals surface area contributed by atoms with E-state index < -0.39 is 0 Å². The third-order valence-corrected chi connectivity index (χ3v) is 2.27. The number of furan rings is 1. The minimum Gasteiger partial charge on any atom is -0.508 e. The number of anilines is 1. The van der Waals surface area contributed by atoms with E-state index in [1.165, 1.54) is 0 Å². The van der Waals surface area contributed by atoms with Crippen molar-refractivity contribution in [2.75, 3.05) is 5.32 Å². The quantitative estimate of drug-likeness (QED) is 0.806. The number of rotatable bonds is 3. The molecule has 2 N–H and O–H groups in total. The predicted molar refractivity (Wildman–Crippen MR) is 58.9 cm³/mol. The maximum absolute atomic E-state index is 9.26. The molecule has 78 valence electrons. The van der Waals surface area contributed by atoms with Crippen LogP contribution in [0, 0.1) is 6.92 Å². The summed E-state index contributed by atoms with van der Waals surface area (Å²) >= 11 is 0. The van der Waals surface area contributed by atoms with Gasteiger partial charge in [0.25, 0.3) is 0 Å². The van der Waals surface area contributed by atoms with Gasteiger partial charge in [-0.1, -0.05) is 6.07 Å². The fourth-order valence-corrected chi connectivity index (χ4v) is 1.38. The Hall–Kier alpha value is -1.90. The van der Waals surface area contributed by atoms with Crippen molar-refractivity contribution in [3.05, 3.63) is 47.9 Å². The molecule has 1 aromatic heterocycles. The Balaban J connectivity index is 2.02. The molecule has 0 fully saturated rings. The number of aryl methyl sites for hydroxylation is 1. The second-order valence-corrected chi connectivity index (χ2v) is 3.43. The Morgan fingerprint density at radius 2 is 2.20 bits per heavy atom. The zero-order valence-electron chi connectivity index (χ0n) is 8.53. The molecule has 0 saturated heterocycles. The Labute approximate surface area is 88.4 Å². The molecular formula is C12H13NO2. The van der Waals surface area contributed by atoms with Gasteiger partial charge in [-0.2, -0.15) is 0 Å². The monoisotopic (exact) mass is 203 g/mol. The fraction of sp³-hybridized carbons (Fsp3) is 0.167. The zero-order chi connectivity index (χ0) is 10.7. The van der Waals surface area contributed by atoms with Gasteiger partial charge in [0.1, 0.15) is 11.5 Å². The van der Waals surface area contributed by atoms with Gasteiger partial charge < -0.3 is 14.8 Å². The second-order valence-electron chi connectivity index (χ2n) is 3.43. The number of aromatic hydroxyl groups is 1. The summed E-state index contributed by atoms with van der Waals surface area (Å²) in [6.07, 6.45) is 1.68.